The molecule has 1 aromatic carbocycles. The van der Waals surface area contributed by atoms with Gasteiger partial charge in [0.05, 0.1) is 5.92 Å². The van der Waals surface area contributed by atoms with Crippen LogP contribution in [0.25, 0.3) is 11.4 Å². The van der Waals surface area contributed by atoms with Crippen molar-refractivity contribution in [3.63, 3.8) is 0 Å². The predicted molar refractivity (Wildman–Crippen MR) is 142 cm³/mol. The van der Waals surface area contributed by atoms with E-state index in [2.05, 4.69) is 23.8 Å². The van der Waals surface area contributed by atoms with Crippen molar-refractivity contribution in [3.05, 3.63) is 42.2 Å². The lowest BCUT2D eigenvalue weighted by Gasteiger charge is -2.28. The van der Waals surface area contributed by atoms with E-state index in [-0.39, 0.29) is 11.9 Å². The smallest absolute Gasteiger partial charge is 0.314 e. The number of esters is 1. The van der Waals surface area contributed by atoms with E-state index >= 15 is 0 Å². The lowest BCUT2D eigenvalue weighted by molar-refractivity contribution is -0.140. The first kappa shape index (κ1) is 25.9. The summed E-state index contributed by atoms with van der Waals surface area (Å²) in [7, 11) is 0. The summed E-state index contributed by atoms with van der Waals surface area (Å²) in [6.45, 7) is 4.53. The summed E-state index contributed by atoms with van der Waals surface area (Å²) in [5, 5.41) is 0. The van der Waals surface area contributed by atoms with Gasteiger partial charge >= 0.3 is 5.97 Å². The Morgan fingerprint density at radius 3 is 1.89 bits per heavy atom. The predicted octanol–water partition coefficient (Wildman–Crippen LogP) is 8.51. The number of nitrogens with zero attached hydrogens (tertiary/aromatic N) is 2. The van der Waals surface area contributed by atoms with Gasteiger partial charge in [0.25, 0.3) is 0 Å². The van der Waals surface area contributed by atoms with Gasteiger partial charge in [0.1, 0.15) is 5.75 Å². The lowest BCUT2D eigenvalue weighted by Crippen LogP contribution is -2.25. The van der Waals surface area contributed by atoms with E-state index in [9.17, 15) is 4.79 Å². The van der Waals surface area contributed by atoms with Gasteiger partial charge in [-0.2, -0.15) is 0 Å². The fourth-order valence-corrected chi connectivity index (χ4v) is 6.03. The zero-order valence-corrected chi connectivity index (χ0v) is 21.9. The summed E-state index contributed by atoms with van der Waals surface area (Å²) in [4.78, 5) is 22.0. The van der Waals surface area contributed by atoms with Crippen LogP contribution in [0, 0.1) is 17.8 Å². The van der Waals surface area contributed by atoms with E-state index < -0.39 is 0 Å². The van der Waals surface area contributed by atoms with Crippen molar-refractivity contribution in [2.45, 2.75) is 110 Å². The Morgan fingerprint density at radius 1 is 0.800 bits per heavy atom. The van der Waals surface area contributed by atoms with Crippen LogP contribution < -0.4 is 4.74 Å². The molecule has 1 heterocycles. The maximum atomic E-state index is 12.7. The van der Waals surface area contributed by atoms with Crippen molar-refractivity contribution in [1.29, 1.82) is 0 Å². The highest BCUT2D eigenvalue weighted by Crippen LogP contribution is 2.37. The van der Waals surface area contributed by atoms with Crippen molar-refractivity contribution in [2.24, 2.45) is 17.8 Å². The molecule has 2 aliphatic carbocycles. The maximum absolute atomic E-state index is 12.7. The second kappa shape index (κ2) is 13.2. The quantitative estimate of drug-likeness (QED) is 0.255. The Hall–Kier alpha value is -2.23. The lowest BCUT2D eigenvalue weighted by atomic mass is 9.78. The minimum atomic E-state index is -0.0725. The molecule has 4 nitrogen and oxygen atoms in total. The van der Waals surface area contributed by atoms with Crippen molar-refractivity contribution in [2.75, 3.05) is 0 Å². The first-order chi connectivity index (χ1) is 17.2. The molecular formula is C31H44N2O2. The number of rotatable bonds is 10. The molecule has 0 unspecified atom stereocenters. The van der Waals surface area contributed by atoms with Gasteiger partial charge in [-0.05, 0) is 98.9 Å². The van der Waals surface area contributed by atoms with Crippen molar-refractivity contribution >= 4 is 5.97 Å². The number of carbonyl (C=O) groups excluding carboxylic acids is 1. The van der Waals surface area contributed by atoms with Gasteiger partial charge in [0, 0.05) is 18.0 Å². The van der Waals surface area contributed by atoms with E-state index in [0.29, 0.717) is 11.7 Å². The third-order valence-corrected chi connectivity index (χ3v) is 8.43. The summed E-state index contributed by atoms with van der Waals surface area (Å²) in [6, 6.07) is 7.65. The molecule has 4 rings (SSSR count). The zero-order chi connectivity index (χ0) is 24.5. The molecule has 0 spiro atoms. The molecule has 2 saturated carbocycles. The molecule has 4 heteroatoms. The SMILES string of the molecule is CCCCC1CCC(C(=O)Oc2ccc(-c3ncc(C4CCC(CCCC)CC4)cn3)cc2)CC1. The number of hydrogen-bond donors (Lipinski definition) is 0. The molecule has 0 saturated heterocycles. The molecular weight excluding hydrogens is 432 g/mol. The number of hydrogen-bond acceptors (Lipinski definition) is 4. The Labute approximate surface area is 212 Å². The minimum absolute atomic E-state index is 0.0464. The van der Waals surface area contributed by atoms with Crippen LogP contribution in [-0.2, 0) is 4.79 Å². The number of benzene rings is 1. The first-order valence-electron chi connectivity index (χ1n) is 14.3. The molecule has 0 N–H and O–H groups in total. The Bertz CT molecular complexity index is 893. The van der Waals surface area contributed by atoms with Crippen molar-refractivity contribution in [3.8, 4) is 17.1 Å². The minimum Gasteiger partial charge on any atom is -0.426 e. The fraction of sp³-hybridized carbons (Fsp3) is 0.645. The van der Waals surface area contributed by atoms with Crippen molar-refractivity contribution in [1.82, 2.24) is 9.97 Å². The normalized spacial score (nSPS) is 24.7. The van der Waals surface area contributed by atoms with Crippen LogP contribution in [0.5, 0.6) is 5.75 Å². The summed E-state index contributed by atoms with van der Waals surface area (Å²) >= 11 is 0. The Balaban J connectivity index is 1.25. The molecule has 2 aromatic rings. The van der Waals surface area contributed by atoms with Crippen molar-refractivity contribution < 1.29 is 9.53 Å². The molecule has 0 bridgehead atoms. The number of carbonyl (C=O) groups is 1. The van der Waals surface area contributed by atoms with Gasteiger partial charge in [-0.3, -0.25) is 4.79 Å². The highest BCUT2D eigenvalue weighted by molar-refractivity contribution is 5.75. The van der Waals surface area contributed by atoms with Gasteiger partial charge in [0.15, 0.2) is 5.82 Å². The van der Waals surface area contributed by atoms with Crippen LogP contribution in [0.3, 0.4) is 0 Å². The van der Waals surface area contributed by atoms with E-state index in [1.807, 2.05) is 36.7 Å². The topological polar surface area (TPSA) is 52.1 Å². The highest BCUT2D eigenvalue weighted by Gasteiger charge is 2.27. The van der Waals surface area contributed by atoms with Crippen LogP contribution in [0.4, 0.5) is 0 Å². The summed E-state index contributed by atoms with van der Waals surface area (Å²) in [5.74, 6) is 3.63. The molecule has 0 radical (unpaired) electrons. The number of aromatic nitrogens is 2. The van der Waals surface area contributed by atoms with Crippen LogP contribution in [-0.4, -0.2) is 15.9 Å². The summed E-state index contributed by atoms with van der Waals surface area (Å²) in [5.41, 5.74) is 2.23. The van der Waals surface area contributed by atoms with Gasteiger partial charge in [-0.15, -0.1) is 0 Å². The molecule has 1 aromatic heterocycles. The van der Waals surface area contributed by atoms with E-state index in [4.69, 9.17) is 4.74 Å². The molecule has 2 fully saturated rings. The van der Waals surface area contributed by atoms with Gasteiger partial charge in [0.2, 0.25) is 0 Å². The van der Waals surface area contributed by atoms with Crippen LogP contribution in [0.2, 0.25) is 0 Å². The summed E-state index contributed by atoms with van der Waals surface area (Å²) in [6.07, 6.45) is 21.4. The van der Waals surface area contributed by atoms with E-state index in [1.165, 1.54) is 69.8 Å². The van der Waals surface area contributed by atoms with Crippen LogP contribution in [0.1, 0.15) is 115 Å². The summed E-state index contributed by atoms with van der Waals surface area (Å²) < 4.78 is 5.71. The van der Waals surface area contributed by atoms with E-state index in [1.54, 1.807) is 0 Å². The van der Waals surface area contributed by atoms with Gasteiger partial charge in [-0.25, -0.2) is 9.97 Å². The molecule has 0 aliphatic heterocycles. The average molecular weight is 477 g/mol. The van der Waals surface area contributed by atoms with Gasteiger partial charge in [-0.1, -0.05) is 52.4 Å². The average Bonchev–Trinajstić information content (AvgIpc) is 2.92. The molecule has 2 aliphatic rings. The molecule has 190 valence electrons. The monoisotopic (exact) mass is 476 g/mol. The Kier molecular flexibility index (Phi) is 9.74. The molecule has 0 atom stereocenters. The third kappa shape index (κ3) is 7.38. The molecule has 0 amide bonds. The maximum Gasteiger partial charge on any atom is 0.314 e. The Morgan fingerprint density at radius 2 is 1.34 bits per heavy atom. The van der Waals surface area contributed by atoms with E-state index in [0.717, 1.165) is 48.9 Å². The standard InChI is InChI=1S/C31H44N2O2/c1-3-5-7-23-9-13-25(14-10-23)28-21-32-30(33-22-28)26-17-19-29(20-18-26)35-31(34)27-15-11-24(12-16-27)8-6-4-2/h17-25,27H,3-16H2,1-2H3. The number of ether oxygens (including phenoxy) is 1. The molecule has 35 heavy (non-hydrogen) atoms. The first-order valence-corrected chi connectivity index (χ1v) is 14.3. The zero-order valence-electron chi connectivity index (χ0n) is 21.9. The fourth-order valence-electron chi connectivity index (χ4n) is 6.03. The third-order valence-electron chi connectivity index (χ3n) is 8.43. The van der Waals surface area contributed by atoms with Crippen LogP contribution >= 0.6 is 0 Å². The highest BCUT2D eigenvalue weighted by atomic mass is 16.5. The van der Waals surface area contributed by atoms with Crippen LogP contribution in [0.15, 0.2) is 36.7 Å². The largest absolute Gasteiger partial charge is 0.426 e. The second-order valence-corrected chi connectivity index (χ2v) is 11.0. The second-order valence-electron chi connectivity index (χ2n) is 11.0. The number of unbranched alkanes of at least 4 members (excludes halogenated alkanes) is 2. The van der Waals surface area contributed by atoms with Gasteiger partial charge < -0.3 is 4.74 Å².